The molecular formula is C10H8BrClFNO3S. The van der Waals surface area contributed by atoms with E-state index < -0.39 is 25.7 Å². The van der Waals surface area contributed by atoms with Crippen LogP contribution in [0.3, 0.4) is 0 Å². The second-order valence-corrected chi connectivity index (χ2v) is 7.28. The molecule has 1 aromatic rings. The fraction of sp³-hybridized carbons (Fsp3) is 0.300. The number of benzene rings is 1. The summed E-state index contributed by atoms with van der Waals surface area (Å²) < 4.78 is 35.8. The van der Waals surface area contributed by atoms with Crippen LogP contribution in [0.5, 0.6) is 0 Å². The maximum atomic E-state index is 13.5. The van der Waals surface area contributed by atoms with Gasteiger partial charge in [0.1, 0.15) is 10.7 Å². The Morgan fingerprint density at radius 1 is 1.44 bits per heavy atom. The van der Waals surface area contributed by atoms with Crippen molar-refractivity contribution >= 4 is 41.6 Å². The van der Waals surface area contributed by atoms with Crippen molar-refractivity contribution in [2.24, 2.45) is 0 Å². The molecule has 0 bridgehead atoms. The largest absolute Gasteiger partial charge is 0.349 e. The van der Waals surface area contributed by atoms with Crippen molar-refractivity contribution in [2.75, 3.05) is 0 Å². The van der Waals surface area contributed by atoms with Gasteiger partial charge in [0.2, 0.25) is 0 Å². The molecule has 1 N–H and O–H groups in total. The monoisotopic (exact) mass is 355 g/mol. The van der Waals surface area contributed by atoms with Crippen molar-refractivity contribution < 1.29 is 17.6 Å². The molecule has 8 heteroatoms. The third kappa shape index (κ3) is 3.02. The average Bonchev–Trinajstić information content (AvgIpc) is 3.03. The molecule has 1 aliphatic rings. The van der Waals surface area contributed by atoms with Crippen LogP contribution < -0.4 is 5.32 Å². The number of amides is 1. The molecule has 4 nitrogen and oxygen atoms in total. The van der Waals surface area contributed by atoms with E-state index in [4.69, 9.17) is 10.7 Å². The Kier molecular flexibility index (Phi) is 3.66. The SMILES string of the molecule is O=C(NC1CC1)c1cc(F)c(Br)c(S(=O)(=O)Cl)c1. The summed E-state index contributed by atoms with van der Waals surface area (Å²) in [7, 11) is 1.05. The topological polar surface area (TPSA) is 63.2 Å². The quantitative estimate of drug-likeness (QED) is 0.846. The standard InChI is InChI=1S/C10H8BrClFNO3S/c11-9-7(13)3-5(4-8(9)18(12,16)17)10(15)14-6-1-2-6/h3-4,6H,1-2H2,(H,14,15). The van der Waals surface area contributed by atoms with Gasteiger partial charge in [-0.1, -0.05) is 0 Å². The van der Waals surface area contributed by atoms with Crippen LogP contribution in [0.2, 0.25) is 0 Å². The lowest BCUT2D eigenvalue weighted by atomic mass is 10.2. The molecule has 1 amide bonds. The van der Waals surface area contributed by atoms with E-state index in [1.165, 1.54) is 0 Å². The number of nitrogens with one attached hydrogen (secondary N) is 1. The molecule has 0 atom stereocenters. The highest BCUT2D eigenvalue weighted by atomic mass is 79.9. The van der Waals surface area contributed by atoms with Crippen LogP contribution in [0.25, 0.3) is 0 Å². The third-order valence-corrected chi connectivity index (χ3v) is 4.85. The molecular weight excluding hydrogens is 349 g/mol. The Balaban J connectivity index is 2.43. The first-order valence-corrected chi connectivity index (χ1v) is 8.14. The maximum Gasteiger partial charge on any atom is 0.262 e. The van der Waals surface area contributed by atoms with Gasteiger partial charge in [-0.15, -0.1) is 0 Å². The summed E-state index contributed by atoms with van der Waals surface area (Å²) in [6.45, 7) is 0. The second-order valence-electron chi connectivity index (χ2n) is 3.96. The van der Waals surface area contributed by atoms with Gasteiger partial charge in [-0.25, -0.2) is 12.8 Å². The van der Waals surface area contributed by atoms with Crippen molar-refractivity contribution in [3.63, 3.8) is 0 Å². The van der Waals surface area contributed by atoms with Gasteiger partial charge in [-0.2, -0.15) is 0 Å². The minimum absolute atomic E-state index is 0.0678. The summed E-state index contributed by atoms with van der Waals surface area (Å²) in [5, 5.41) is 2.64. The molecule has 0 unspecified atom stereocenters. The van der Waals surface area contributed by atoms with Crippen LogP contribution in [0.15, 0.2) is 21.5 Å². The van der Waals surface area contributed by atoms with Crippen molar-refractivity contribution in [1.82, 2.24) is 5.32 Å². The number of hydrogen-bond acceptors (Lipinski definition) is 3. The molecule has 1 fully saturated rings. The highest BCUT2D eigenvalue weighted by Crippen LogP contribution is 2.29. The van der Waals surface area contributed by atoms with Crippen molar-refractivity contribution in [3.05, 3.63) is 28.0 Å². The fourth-order valence-corrected chi connectivity index (χ4v) is 3.46. The summed E-state index contributed by atoms with van der Waals surface area (Å²) in [6, 6.07) is 2.11. The number of rotatable bonds is 3. The molecule has 0 aromatic heterocycles. The van der Waals surface area contributed by atoms with E-state index in [1.54, 1.807) is 0 Å². The van der Waals surface area contributed by atoms with Crippen LogP contribution in [0, 0.1) is 5.82 Å². The molecule has 0 heterocycles. The molecule has 18 heavy (non-hydrogen) atoms. The Labute approximate surface area is 116 Å². The minimum atomic E-state index is -4.12. The van der Waals surface area contributed by atoms with Crippen molar-refractivity contribution in [1.29, 1.82) is 0 Å². The first-order valence-electron chi connectivity index (χ1n) is 5.03. The lowest BCUT2D eigenvalue weighted by Gasteiger charge is -2.07. The average molecular weight is 357 g/mol. The molecule has 1 aromatic carbocycles. The van der Waals surface area contributed by atoms with E-state index in [2.05, 4.69) is 21.2 Å². The Morgan fingerprint density at radius 2 is 2.06 bits per heavy atom. The van der Waals surface area contributed by atoms with Gasteiger partial charge in [-0.3, -0.25) is 4.79 Å². The highest BCUT2D eigenvalue weighted by molar-refractivity contribution is 9.10. The van der Waals surface area contributed by atoms with E-state index >= 15 is 0 Å². The number of hydrogen-bond donors (Lipinski definition) is 1. The number of carbonyl (C=O) groups excluding carboxylic acids is 1. The molecule has 2 rings (SSSR count). The molecule has 0 spiro atoms. The van der Waals surface area contributed by atoms with E-state index in [0.29, 0.717) is 0 Å². The van der Waals surface area contributed by atoms with Gasteiger partial charge in [-0.05, 0) is 40.9 Å². The van der Waals surface area contributed by atoms with Gasteiger partial charge in [0, 0.05) is 22.3 Å². The zero-order valence-electron chi connectivity index (χ0n) is 8.91. The van der Waals surface area contributed by atoms with Crippen LogP contribution in [0.4, 0.5) is 4.39 Å². The molecule has 98 valence electrons. The molecule has 0 saturated heterocycles. The fourth-order valence-electron chi connectivity index (χ4n) is 1.37. The summed E-state index contributed by atoms with van der Waals surface area (Å²) >= 11 is 2.79. The zero-order chi connectivity index (χ0) is 13.5. The number of carbonyl (C=O) groups is 1. The lowest BCUT2D eigenvalue weighted by molar-refractivity contribution is 0.0950. The first-order chi connectivity index (χ1) is 8.29. The van der Waals surface area contributed by atoms with Crippen LogP contribution in [0.1, 0.15) is 23.2 Å². The third-order valence-electron chi connectivity index (χ3n) is 2.43. The van der Waals surface area contributed by atoms with Crippen LogP contribution in [-0.4, -0.2) is 20.4 Å². The van der Waals surface area contributed by atoms with Gasteiger partial charge in [0.15, 0.2) is 0 Å². The Hall–Kier alpha value is -0.660. The number of halogens is 3. The normalized spacial score (nSPS) is 15.5. The second kappa shape index (κ2) is 4.79. The Bertz CT molecular complexity index is 616. The van der Waals surface area contributed by atoms with Gasteiger partial charge in [0.05, 0.1) is 4.47 Å². The summed E-state index contributed by atoms with van der Waals surface area (Å²) in [4.78, 5) is 11.3. The molecule has 0 radical (unpaired) electrons. The predicted octanol–water partition coefficient (Wildman–Crippen LogP) is 2.41. The summed E-state index contributed by atoms with van der Waals surface area (Å²) in [6.07, 6.45) is 1.76. The van der Waals surface area contributed by atoms with E-state index in [1.807, 2.05) is 0 Å². The van der Waals surface area contributed by atoms with E-state index in [0.717, 1.165) is 25.0 Å². The summed E-state index contributed by atoms with van der Waals surface area (Å²) in [5.74, 6) is -1.36. The molecule has 0 aliphatic heterocycles. The minimum Gasteiger partial charge on any atom is -0.349 e. The summed E-state index contributed by atoms with van der Waals surface area (Å²) in [5.41, 5.74) is -0.0678. The van der Waals surface area contributed by atoms with Gasteiger partial charge >= 0.3 is 0 Å². The maximum absolute atomic E-state index is 13.5. The highest BCUT2D eigenvalue weighted by Gasteiger charge is 2.26. The molecule has 1 aliphatic carbocycles. The van der Waals surface area contributed by atoms with Crippen molar-refractivity contribution in [3.8, 4) is 0 Å². The molecule has 1 saturated carbocycles. The van der Waals surface area contributed by atoms with E-state index in [9.17, 15) is 17.6 Å². The van der Waals surface area contributed by atoms with Crippen molar-refractivity contribution in [2.45, 2.75) is 23.8 Å². The Morgan fingerprint density at radius 3 is 2.56 bits per heavy atom. The van der Waals surface area contributed by atoms with Crippen LogP contribution in [-0.2, 0) is 9.05 Å². The zero-order valence-corrected chi connectivity index (χ0v) is 12.1. The lowest BCUT2D eigenvalue weighted by Crippen LogP contribution is -2.25. The van der Waals surface area contributed by atoms with Crippen LogP contribution >= 0.6 is 26.6 Å². The smallest absolute Gasteiger partial charge is 0.262 e. The first kappa shape index (κ1) is 13.8. The predicted molar refractivity (Wildman–Crippen MR) is 67.6 cm³/mol. The van der Waals surface area contributed by atoms with Gasteiger partial charge in [0.25, 0.3) is 15.0 Å². The van der Waals surface area contributed by atoms with E-state index in [-0.39, 0.29) is 16.1 Å². The van der Waals surface area contributed by atoms with Gasteiger partial charge < -0.3 is 5.32 Å².